The second-order valence-corrected chi connectivity index (χ2v) is 6.71. The second kappa shape index (κ2) is 6.04. The smallest absolute Gasteiger partial charge is 0.272 e. The number of nitrogens with one attached hydrogen (secondary N) is 1. The van der Waals surface area contributed by atoms with E-state index in [0.29, 0.717) is 19.0 Å². The zero-order valence-electron chi connectivity index (χ0n) is 11.2. The Morgan fingerprint density at radius 1 is 1.43 bits per heavy atom. The predicted molar refractivity (Wildman–Crippen MR) is 73.6 cm³/mol. The molecule has 7 nitrogen and oxygen atoms in total. The van der Waals surface area contributed by atoms with E-state index in [-0.39, 0.29) is 12.0 Å². The first-order chi connectivity index (χ1) is 9.85. The molecule has 116 valence electrons. The fourth-order valence-corrected chi connectivity index (χ4v) is 3.96. The normalized spacial score (nSPS) is 22.4. The van der Waals surface area contributed by atoms with E-state index in [1.165, 1.54) is 0 Å². The summed E-state index contributed by atoms with van der Waals surface area (Å²) in [5.74, 6) is -1.11. The summed E-state index contributed by atoms with van der Waals surface area (Å²) in [4.78, 5) is 9.16. The molecule has 9 heteroatoms. The Labute approximate surface area is 121 Å². The Balaban J connectivity index is 2.25. The molecule has 1 aliphatic rings. The van der Waals surface area contributed by atoms with Crippen LogP contribution in [0.5, 0.6) is 0 Å². The van der Waals surface area contributed by atoms with Gasteiger partial charge in [-0.3, -0.25) is 10.1 Å². The van der Waals surface area contributed by atoms with E-state index in [1.807, 2.05) is 0 Å². The molecule has 2 unspecified atom stereocenters. The first-order valence-corrected chi connectivity index (χ1v) is 8.00. The summed E-state index contributed by atoms with van der Waals surface area (Å²) in [7, 11) is -4.06. The number of halogens is 1. The topological polar surface area (TPSA) is 115 Å². The van der Waals surface area contributed by atoms with Crippen LogP contribution in [-0.2, 0) is 10.0 Å². The molecule has 0 radical (unpaired) electrons. The molecule has 0 spiro atoms. The quantitative estimate of drug-likeness (QED) is 0.624. The third kappa shape index (κ3) is 3.36. The molecule has 1 aromatic rings. The van der Waals surface area contributed by atoms with Crippen molar-refractivity contribution in [2.45, 2.75) is 30.2 Å². The third-order valence-electron chi connectivity index (χ3n) is 3.68. The number of sulfonamides is 1. The molecule has 2 rings (SSSR count). The Kier molecular flexibility index (Phi) is 4.55. The van der Waals surface area contributed by atoms with Crippen LogP contribution in [0.1, 0.15) is 19.3 Å². The molecule has 1 aromatic carbocycles. The molecular weight excluding hydrogens is 301 g/mol. The fourth-order valence-electron chi connectivity index (χ4n) is 2.56. The molecule has 1 aliphatic carbocycles. The van der Waals surface area contributed by atoms with Crippen LogP contribution in [-0.4, -0.2) is 25.9 Å². The van der Waals surface area contributed by atoms with Crippen molar-refractivity contribution in [3.63, 3.8) is 0 Å². The minimum Gasteiger partial charge on any atom is -0.330 e. The fraction of sp³-hybridized carbons (Fsp3) is 0.500. The van der Waals surface area contributed by atoms with Crippen LogP contribution in [0.15, 0.2) is 23.1 Å². The van der Waals surface area contributed by atoms with Gasteiger partial charge >= 0.3 is 0 Å². The van der Waals surface area contributed by atoms with Gasteiger partial charge < -0.3 is 5.73 Å². The zero-order chi connectivity index (χ0) is 15.6. The first-order valence-electron chi connectivity index (χ1n) is 6.51. The standard InChI is InChI=1S/C12H16FN3O4S/c13-10-6-9(16(17)18)4-5-12(10)21(19,20)15-11-3-1-2-8(11)7-14/h4-6,8,11,15H,1-3,7,14H2. The molecule has 3 N–H and O–H groups in total. The van der Waals surface area contributed by atoms with Crippen molar-refractivity contribution in [1.29, 1.82) is 0 Å². The number of rotatable bonds is 5. The average molecular weight is 317 g/mol. The van der Waals surface area contributed by atoms with E-state index in [4.69, 9.17) is 5.73 Å². The van der Waals surface area contributed by atoms with Crippen molar-refractivity contribution in [3.05, 3.63) is 34.1 Å². The van der Waals surface area contributed by atoms with Gasteiger partial charge in [-0.15, -0.1) is 0 Å². The summed E-state index contributed by atoms with van der Waals surface area (Å²) in [6.07, 6.45) is 2.33. The molecule has 0 amide bonds. The first kappa shape index (κ1) is 15.8. The molecule has 0 heterocycles. The Morgan fingerprint density at radius 2 is 2.14 bits per heavy atom. The van der Waals surface area contributed by atoms with Crippen molar-refractivity contribution in [2.24, 2.45) is 11.7 Å². The van der Waals surface area contributed by atoms with Crippen LogP contribution in [0.4, 0.5) is 10.1 Å². The van der Waals surface area contributed by atoms with Gasteiger partial charge in [-0.05, 0) is 31.4 Å². The minimum absolute atomic E-state index is 0.0286. The molecular formula is C12H16FN3O4S. The van der Waals surface area contributed by atoms with Gasteiger partial charge in [0, 0.05) is 12.1 Å². The summed E-state index contributed by atoms with van der Waals surface area (Å²) < 4.78 is 40.6. The van der Waals surface area contributed by atoms with Crippen molar-refractivity contribution >= 4 is 15.7 Å². The van der Waals surface area contributed by atoms with Crippen LogP contribution in [0, 0.1) is 21.8 Å². The minimum atomic E-state index is -4.06. The number of non-ortho nitro benzene ring substituents is 1. The van der Waals surface area contributed by atoms with Crippen LogP contribution in [0.3, 0.4) is 0 Å². The van der Waals surface area contributed by atoms with E-state index >= 15 is 0 Å². The van der Waals surface area contributed by atoms with Gasteiger partial charge in [0.2, 0.25) is 10.0 Å². The highest BCUT2D eigenvalue weighted by Crippen LogP contribution is 2.27. The largest absolute Gasteiger partial charge is 0.330 e. The Bertz CT molecular complexity index is 650. The number of nitro groups is 1. The van der Waals surface area contributed by atoms with Crippen molar-refractivity contribution in [1.82, 2.24) is 4.72 Å². The van der Waals surface area contributed by atoms with Gasteiger partial charge in [-0.2, -0.15) is 0 Å². The van der Waals surface area contributed by atoms with E-state index in [2.05, 4.69) is 4.72 Å². The summed E-state index contributed by atoms with van der Waals surface area (Å²) in [6, 6.07) is 2.15. The molecule has 0 bridgehead atoms. The van der Waals surface area contributed by atoms with Gasteiger partial charge in [-0.1, -0.05) is 6.42 Å². The maximum atomic E-state index is 13.8. The van der Waals surface area contributed by atoms with Crippen LogP contribution in [0.25, 0.3) is 0 Å². The molecule has 0 aromatic heterocycles. The molecule has 1 saturated carbocycles. The monoisotopic (exact) mass is 317 g/mol. The van der Waals surface area contributed by atoms with Gasteiger partial charge in [0.05, 0.1) is 11.0 Å². The lowest BCUT2D eigenvalue weighted by atomic mass is 10.1. The van der Waals surface area contributed by atoms with Crippen LogP contribution < -0.4 is 10.5 Å². The maximum Gasteiger partial charge on any atom is 0.272 e. The van der Waals surface area contributed by atoms with Gasteiger partial charge in [-0.25, -0.2) is 17.5 Å². The number of hydrogen-bond acceptors (Lipinski definition) is 5. The number of nitrogens with two attached hydrogens (primary N) is 1. The summed E-state index contributed by atoms with van der Waals surface area (Å²) in [6.45, 7) is 0.357. The Hall–Kier alpha value is -1.58. The van der Waals surface area contributed by atoms with Gasteiger partial charge in [0.15, 0.2) is 0 Å². The zero-order valence-corrected chi connectivity index (χ0v) is 12.0. The molecule has 0 saturated heterocycles. The van der Waals surface area contributed by atoms with E-state index in [1.54, 1.807) is 0 Å². The number of nitrogens with zero attached hydrogens (tertiary/aromatic N) is 1. The number of nitro benzene ring substituents is 1. The summed E-state index contributed by atoms with van der Waals surface area (Å²) >= 11 is 0. The Morgan fingerprint density at radius 3 is 2.71 bits per heavy atom. The molecule has 21 heavy (non-hydrogen) atoms. The second-order valence-electron chi connectivity index (χ2n) is 5.03. The average Bonchev–Trinajstić information content (AvgIpc) is 2.84. The highest BCUT2D eigenvalue weighted by atomic mass is 32.2. The third-order valence-corrected chi connectivity index (χ3v) is 5.21. The lowest BCUT2D eigenvalue weighted by Gasteiger charge is -2.19. The van der Waals surface area contributed by atoms with Crippen molar-refractivity contribution < 1.29 is 17.7 Å². The number of hydrogen-bond donors (Lipinski definition) is 2. The lowest BCUT2D eigenvalue weighted by molar-refractivity contribution is -0.385. The van der Waals surface area contributed by atoms with E-state index in [9.17, 15) is 22.9 Å². The highest BCUT2D eigenvalue weighted by Gasteiger charge is 2.31. The van der Waals surface area contributed by atoms with Crippen LogP contribution in [0.2, 0.25) is 0 Å². The molecule has 0 aliphatic heterocycles. The predicted octanol–water partition coefficient (Wildman–Crippen LogP) is 1.14. The van der Waals surface area contributed by atoms with Crippen molar-refractivity contribution in [3.8, 4) is 0 Å². The number of benzene rings is 1. The van der Waals surface area contributed by atoms with E-state index in [0.717, 1.165) is 25.0 Å². The molecule has 1 fully saturated rings. The lowest BCUT2D eigenvalue weighted by Crippen LogP contribution is -2.40. The highest BCUT2D eigenvalue weighted by molar-refractivity contribution is 7.89. The van der Waals surface area contributed by atoms with Crippen molar-refractivity contribution in [2.75, 3.05) is 6.54 Å². The van der Waals surface area contributed by atoms with Crippen LogP contribution >= 0.6 is 0 Å². The van der Waals surface area contributed by atoms with Gasteiger partial charge in [0.25, 0.3) is 5.69 Å². The SMILES string of the molecule is NCC1CCCC1NS(=O)(=O)c1ccc([N+](=O)[O-])cc1F. The summed E-state index contributed by atoms with van der Waals surface area (Å²) in [5, 5.41) is 10.5. The summed E-state index contributed by atoms with van der Waals surface area (Å²) in [5.41, 5.74) is 5.09. The molecule has 2 atom stereocenters. The van der Waals surface area contributed by atoms with Gasteiger partial charge in [0.1, 0.15) is 10.7 Å². The maximum absolute atomic E-state index is 13.8. The van der Waals surface area contributed by atoms with E-state index < -0.39 is 31.3 Å².